The Balaban J connectivity index is 2.73. The second kappa shape index (κ2) is 7.05. The minimum Gasteiger partial charge on any atom is -0.497 e. The van der Waals surface area contributed by atoms with Crippen molar-refractivity contribution in [2.75, 3.05) is 7.11 Å². The van der Waals surface area contributed by atoms with E-state index in [9.17, 15) is 0 Å². The molecule has 0 heterocycles. The molecule has 0 spiro atoms. The maximum absolute atomic E-state index is 5.17. The fourth-order valence-electron chi connectivity index (χ4n) is 2.17. The van der Waals surface area contributed by atoms with Gasteiger partial charge in [-0.1, -0.05) is 36.8 Å². The van der Waals surface area contributed by atoms with Crippen LogP contribution in [0.15, 0.2) is 48.6 Å². The van der Waals surface area contributed by atoms with E-state index < -0.39 is 0 Å². The van der Waals surface area contributed by atoms with Gasteiger partial charge in [-0.05, 0) is 49.8 Å². The van der Waals surface area contributed by atoms with Gasteiger partial charge in [0.1, 0.15) is 5.75 Å². The normalized spacial score (nSPS) is 13.6. The molecule has 0 saturated carbocycles. The van der Waals surface area contributed by atoms with Crippen LogP contribution in [0.1, 0.15) is 26.3 Å². The average Bonchev–Trinajstić information content (AvgIpc) is 2.35. The average molecular weight is 244 g/mol. The van der Waals surface area contributed by atoms with Gasteiger partial charge in [0.2, 0.25) is 0 Å². The molecule has 0 N–H and O–H groups in total. The van der Waals surface area contributed by atoms with Crippen LogP contribution in [0, 0.1) is 11.8 Å². The van der Waals surface area contributed by atoms with E-state index in [2.05, 4.69) is 51.6 Å². The molecule has 0 fully saturated rings. The minimum atomic E-state index is 0.480. The van der Waals surface area contributed by atoms with Crippen LogP contribution >= 0.6 is 0 Å². The molecule has 1 aromatic rings. The molecule has 1 heteroatoms. The lowest BCUT2D eigenvalue weighted by atomic mass is 9.87. The Morgan fingerprint density at radius 1 is 1.28 bits per heavy atom. The fourth-order valence-corrected chi connectivity index (χ4v) is 2.17. The highest BCUT2D eigenvalue weighted by atomic mass is 16.5. The van der Waals surface area contributed by atoms with Crippen LogP contribution in [-0.4, -0.2) is 7.11 Å². The summed E-state index contributed by atoms with van der Waals surface area (Å²) < 4.78 is 5.17. The molecule has 0 aliphatic carbocycles. The van der Waals surface area contributed by atoms with E-state index in [0.717, 1.165) is 12.2 Å². The zero-order valence-electron chi connectivity index (χ0n) is 11.9. The summed E-state index contributed by atoms with van der Waals surface area (Å²) in [5.41, 5.74) is 2.69. The van der Waals surface area contributed by atoms with E-state index in [1.807, 2.05) is 12.1 Å². The third kappa shape index (κ3) is 4.40. The third-order valence-corrected chi connectivity index (χ3v) is 3.20. The zero-order valence-corrected chi connectivity index (χ0v) is 11.9. The Morgan fingerprint density at radius 2 is 1.89 bits per heavy atom. The van der Waals surface area contributed by atoms with Gasteiger partial charge in [0.25, 0.3) is 0 Å². The first-order chi connectivity index (χ1) is 8.56. The molecule has 0 aliphatic rings. The van der Waals surface area contributed by atoms with E-state index >= 15 is 0 Å². The molecule has 2 atom stereocenters. The second-order valence-corrected chi connectivity index (χ2v) is 5.05. The summed E-state index contributed by atoms with van der Waals surface area (Å²) in [6, 6.07) is 8.29. The van der Waals surface area contributed by atoms with Crippen molar-refractivity contribution in [3.8, 4) is 5.75 Å². The first kappa shape index (κ1) is 14.6. The van der Waals surface area contributed by atoms with Gasteiger partial charge < -0.3 is 4.74 Å². The molecule has 0 amide bonds. The van der Waals surface area contributed by atoms with E-state index in [1.165, 1.54) is 11.1 Å². The number of rotatable bonds is 6. The van der Waals surface area contributed by atoms with Crippen molar-refractivity contribution in [2.24, 2.45) is 11.8 Å². The molecule has 98 valence electrons. The SMILES string of the molecule is C=C[C@H](Cc1ccc(OC)cc1)[C@@H](C)C=C(C)C. The van der Waals surface area contributed by atoms with E-state index in [0.29, 0.717) is 11.8 Å². The van der Waals surface area contributed by atoms with Crippen LogP contribution in [0.4, 0.5) is 0 Å². The molecule has 0 unspecified atom stereocenters. The largest absolute Gasteiger partial charge is 0.497 e. The summed E-state index contributed by atoms with van der Waals surface area (Å²) in [5, 5.41) is 0. The first-order valence-electron chi connectivity index (χ1n) is 6.47. The number of ether oxygens (including phenoxy) is 1. The highest BCUT2D eigenvalue weighted by molar-refractivity contribution is 5.28. The molecule has 18 heavy (non-hydrogen) atoms. The lowest BCUT2D eigenvalue weighted by molar-refractivity contribution is 0.414. The van der Waals surface area contributed by atoms with Crippen molar-refractivity contribution in [2.45, 2.75) is 27.2 Å². The smallest absolute Gasteiger partial charge is 0.118 e. The van der Waals surface area contributed by atoms with Gasteiger partial charge in [0, 0.05) is 0 Å². The summed E-state index contributed by atoms with van der Waals surface area (Å²) in [5.74, 6) is 1.91. The van der Waals surface area contributed by atoms with Crippen LogP contribution in [0.5, 0.6) is 5.75 Å². The second-order valence-electron chi connectivity index (χ2n) is 5.05. The summed E-state index contributed by atoms with van der Waals surface area (Å²) in [6.07, 6.45) is 5.41. The molecule has 0 radical (unpaired) electrons. The monoisotopic (exact) mass is 244 g/mol. The Hall–Kier alpha value is -1.50. The standard InChI is InChI=1S/C17H24O/c1-6-16(14(4)11-13(2)3)12-15-7-9-17(18-5)10-8-15/h6-11,14,16H,1,12H2,2-5H3/t14-,16+/m0/s1. The number of hydrogen-bond acceptors (Lipinski definition) is 1. The van der Waals surface area contributed by atoms with Crippen molar-refractivity contribution in [1.82, 2.24) is 0 Å². The molecule has 1 rings (SSSR count). The quantitative estimate of drug-likeness (QED) is 0.662. The van der Waals surface area contributed by atoms with Crippen LogP contribution in [0.3, 0.4) is 0 Å². The fraction of sp³-hybridized carbons (Fsp3) is 0.412. The molecule has 0 aliphatic heterocycles. The Labute approximate surface area is 111 Å². The van der Waals surface area contributed by atoms with Crippen molar-refractivity contribution in [1.29, 1.82) is 0 Å². The Kier molecular flexibility index (Phi) is 5.70. The van der Waals surface area contributed by atoms with Crippen molar-refractivity contribution < 1.29 is 4.74 Å². The minimum absolute atomic E-state index is 0.480. The predicted octanol–water partition coefficient (Wildman–Crippen LogP) is 4.64. The van der Waals surface area contributed by atoms with E-state index in [-0.39, 0.29) is 0 Å². The lowest BCUT2D eigenvalue weighted by Crippen LogP contribution is -2.10. The summed E-state index contributed by atoms with van der Waals surface area (Å²) in [7, 11) is 1.69. The Bertz CT molecular complexity index is 396. The Morgan fingerprint density at radius 3 is 2.33 bits per heavy atom. The molecule has 1 nitrogen and oxygen atoms in total. The van der Waals surface area contributed by atoms with Gasteiger partial charge in [0.15, 0.2) is 0 Å². The molecule has 0 saturated heterocycles. The molecular formula is C17H24O. The van der Waals surface area contributed by atoms with Crippen LogP contribution in [-0.2, 0) is 6.42 Å². The van der Waals surface area contributed by atoms with Crippen LogP contribution in [0.2, 0.25) is 0 Å². The zero-order chi connectivity index (χ0) is 13.5. The van der Waals surface area contributed by atoms with Crippen molar-refractivity contribution in [3.05, 3.63) is 54.1 Å². The third-order valence-electron chi connectivity index (χ3n) is 3.20. The van der Waals surface area contributed by atoms with Gasteiger partial charge in [-0.25, -0.2) is 0 Å². The number of allylic oxidation sites excluding steroid dienone is 3. The van der Waals surface area contributed by atoms with Gasteiger partial charge >= 0.3 is 0 Å². The molecule has 0 bridgehead atoms. The highest BCUT2D eigenvalue weighted by Crippen LogP contribution is 2.22. The number of benzene rings is 1. The topological polar surface area (TPSA) is 9.23 Å². The van der Waals surface area contributed by atoms with Gasteiger partial charge in [0.05, 0.1) is 7.11 Å². The first-order valence-corrected chi connectivity index (χ1v) is 6.47. The van der Waals surface area contributed by atoms with Crippen molar-refractivity contribution in [3.63, 3.8) is 0 Å². The maximum atomic E-state index is 5.17. The van der Waals surface area contributed by atoms with E-state index in [4.69, 9.17) is 4.74 Å². The molecular weight excluding hydrogens is 220 g/mol. The van der Waals surface area contributed by atoms with Gasteiger partial charge in [-0.3, -0.25) is 0 Å². The molecule has 0 aromatic heterocycles. The predicted molar refractivity (Wildman–Crippen MR) is 79.0 cm³/mol. The van der Waals surface area contributed by atoms with Gasteiger partial charge in [-0.2, -0.15) is 0 Å². The number of hydrogen-bond donors (Lipinski definition) is 0. The van der Waals surface area contributed by atoms with E-state index in [1.54, 1.807) is 7.11 Å². The lowest BCUT2D eigenvalue weighted by Gasteiger charge is -2.18. The van der Waals surface area contributed by atoms with Crippen molar-refractivity contribution >= 4 is 0 Å². The summed E-state index contributed by atoms with van der Waals surface area (Å²) >= 11 is 0. The molecule has 1 aromatic carbocycles. The van der Waals surface area contributed by atoms with Crippen LogP contribution in [0.25, 0.3) is 0 Å². The summed E-state index contributed by atoms with van der Waals surface area (Å²) in [6.45, 7) is 10.5. The highest BCUT2D eigenvalue weighted by Gasteiger charge is 2.12. The maximum Gasteiger partial charge on any atom is 0.118 e. The number of methoxy groups -OCH3 is 1. The summed E-state index contributed by atoms with van der Waals surface area (Å²) in [4.78, 5) is 0. The van der Waals surface area contributed by atoms with Crippen LogP contribution < -0.4 is 4.74 Å². The van der Waals surface area contributed by atoms with Gasteiger partial charge in [-0.15, -0.1) is 6.58 Å².